The third kappa shape index (κ3) is 9.18. The number of rotatable bonds is 4. The summed E-state index contributed by atoms with van der Waals surface area (Å²) in [5, 5.41) is 2.87. The Morgan fingerprint density at radius 2 is 1.13 bits per heavy atom. The fourth-order valence-corrected chi connectivity index (χ4v) is 11.3. The molecular weight excluding hydrogens is 829 g/mol. The van der Waals surface area contributed by atoms with E-state index in [9.17, 15) is 0 Å². The molecule has 5 aliphatic carbocycles. The first kappa shape index (κ1) is 48.4. The van der Waals surface area contributed by atoms with Crippen molar-refractivity contribution < 1.29 is 0 Å². The molecule has 69 heavy (non-hydrogen) atoms. The summed E-state index contributed by atoms with van der Waals surface area (Å²) in [6.45, 7) is 22.4. The summed E-state index contributed by atoms with van der Waals surface area (Å²) >= 11 is 0. The van der Waals surface area contributed by atoms with Crippen molar-refractivity contribution in [2.45, 2.75) is 98.8 Å². The number of benzene rings is 7. The summed E-state index contributed by atoms with van der Waals surface area (Å²) in [7, 11) is 0. The van der Waals surface area contributed by atoms with Gasteiger partial charge < -0.3 is 0 Å². The van der Waals surface area contributed by atoms with Crippen molar-refractivity contribution >= 4 is 34.1 Å². The Morgan fingerprint density at radius 1 is 0.580 bits per heavy atom. The van der Waals surface area contributed by atoms with Gasteiger partial charge in [0.2, 0.25) is 0 Å². The number of fused-ring (bicyclic) bond motifs is 16. The average molecular weight is 899 g/mol. The van der Waals surface area contributed by atoms with E-state index in [1.807, 2.05) is 26.0 Å². The molecule has 0 heteroatoms. The maximum atomic E-state index is 3.84. The molecule has 12 rings (SSSR count). The molecule has 5 aliphatic rings. The second-order valence-corrected chi connectivity index (χ2v) is 18.6. The van der Waals surface area contributed by atoms with Crippen molar-refractivity contribution in [2.75, 3.05) is 0 Å². The van der Waals surface area contributed by atoms with Crippen molar-refractivity contribution in [3.05, 3.63) is 261 Å². The minimum atomic E-state index is -0.189. The number of hydrogen-bond donors (Lipinski definition) is 0. The highest BCUT2D eigenvalue weighted by molar-refractivity contribution is 6.00. The molecular formula is C69H70. The van der Waals surface area contributed by atoms with Crippen LogP contribution >= 0.6 is 0 Å². The smallest absolute Gasteiger partial charge is 0.0725 e. The van der Waals surface area contributed by atoms with Crippen molar-refractivity contribution in [2.24, 2.45) is 0 Å². The number of allylic oxidation sites excluding steroid dienone is 10. The summed E-state index contributed by atoms with van der Waals surface area (Å²) < 4.78 is 0. The molecule has 0 nitrogen and oxygen atoms in total. The Bertz CT molecular complexity index is 3120. The van der Waals surface area contributed by atoms with Crippen LogP contribution < -0.4 is 0 Å². The molecule has 0 bridgehead atoms. The van der Waals surface area contributed by atoms with E-state index in [2.05, 4.69) is 218 Å². The van der Waals surface area contributed by atoms with Crippen molar-refractivity contribution in [3.63, 3.8) is 0 Å². The standard InChI is InChI=1S/C26H18.C19H18.C19H20.C3H8.C2H6/c1-17-9-8-16-24-25(17)20-12-4-7-15-23(20)26(24)21-13-5-2-10-18(21)19-11-3-6-14-22(19)26;1-13-10-11-18-16-8-3-2-6-14(16)15-7-4-5-9-17(15)19(18)12-13;1-4-7-16(5-2)17-10-12-18(13-11-17)19-9-6-8-15(3)14-19;1-3-2;1-2/h2-16H,1H3;3,5,8-12H,2,4,6-7H2,1H3;4-5,7-8,10-14H,1-2,6,9H2,3H3;3H2,1-2H3;1-2H3/b;;16-7+;;. The molecule has 0 saturated carbocycles. The van der Waals surface area contributed by atoms with Crippen LogP contribution in [0.1, 0.15) is 133 Å². The third-order valence-corrected chi connectivity index (χ3v) is 14.1. The van der Waals surface area contributed by atoms with Crippen LogP contribution in [-0.2, 0) is 18.3 Å². The molecule has 0 fully saturated rings. The Labute approximate surface area is 414 Å². The van der Waals surface area contributed by atoms with Crippen LogP contribution in [0.4, 0.5) is 0 Å². The first-order valence-corrected chi connectivity index (χ1v) is 25.6. The van der Waals surface area contributed by atoms with Crippen LogP contribution in [0.3, 0.4) is 0 Å². The van der Waals surface area contributed by atoms with Gasteiger partial charge in [0, 0.05) is 0 Å². The highest BCUT2D eigenvalue weighted by Crippen LogP contribution is 2.63. The minimum Gasteiger partial charge on any atom is -0.0990 e. The van der Waals surface area contributed by atoms with Crippen LogP contribution in [0.2, 0.25) is 0 Å². The lowest BCUT2D eigenvalue weighted by Gasteiger charge is -2.30. The minimum absolute atomic E-state index is 0.189. The lowest BCUT2D eigenvalue weighted by Crippen LogP contribution is -2.25. The molecule has 0 unspecified atom stereocenters. The molecule has 346 valence electrons. The molecule has 7 aromatic carbocycles. The van der Waals surface area contributed by atoms with Crippen LogP contribution in [0.25, 0.3) is 56.3 Å². The summed E-state index contributed by atoms with van der Waals surface area (Å²) in [4.78, 5) is 0. The van der Waals surface area contributed by atoms with E-state index in [1.54, 1.807) is 17.2 Å². The van der Waals surface area contributed by atoms with Gasteiger partial charge in [-0.15, -0.1) is 0 Å². The van der Waals surface area contributed by atoms with Gasteiger partial charge in [0.15, 0.2) is 0 Å². The quantitative estimate of drug-likeness (QED) is 0.154. The van der Waals surface area contributed by atoms with Gasteiger partial charge in [0.1, 0.15) is 0 Å². The summed E-state index contributed by atoms with van der Waals surface area (Å²) in [6.07, 6.45) is 27.9. The van der Waals surface area contributed by atoms with Crippen molar-refractivity contribution in [1.82, 2.24) is 0 Å². The van der Waals surface area contributed by atoms with E-state index in [-0.39, 0.29) is 5.41 Å². The Morgan fingerprint density at radius 3 is 1.71 bits per heavy atom. The number of aryl methyl sites for hydroxylation is 2. The summed E-state index contributed by atoms with van der Waals surface area (Å²) in [6, 6.07) is 49.2. The second kappa shape index (κ2) is 21.9. The van der Waals surface area contributed by atoms with E-state index >= 15 is 0 Å². The van der Waals surface area contributed by atoms with E-state index < -0.39 is 0 Å². The van der Waals surface area contributed by atoms with Crippen molar-refractivity contribution in [3.8, 4) is 22.3 Å². The van der Waals surface area contributed by atoms with Gasteiger partial charge in [-0.1, -0.05) is 247 Å². The summed E-state index contributed by atoms with van der Waals surface area (Å²) in [5.74, 6) is 0. The maximum Gasteiger partial charge on any atom is 0.0725 e. The SMILES string of the molecule is C=C/C=C(\C=C)c1ccc(C2=CC(C)=CCC2)cc1.CC.CCC.Cc1ccc2c3c(c4c(c2c1)C=CCC4)CCC=C3.Cc1cccc2c1-c1ccccc1C21c2ccccc2-c2ccccc21. The van der Waals surface area contributed by atoms with E-state index in [4.69, 9.17) is 0 Å². The normalized spacial score (nSPS) is 14.7. The van der Waals surface area contributed by atoms with E-state index in [0.29, 0.717) is 0 Å². The molecule has 0 radical (unpaired) electrons. The molecule has 0 atom stereocenters. The number of hydrogen-bond acceptors (Lipinski definition) is 0. The zero-order valence-electron chi connectivity index (χ0n) is 42.3. The summed E-state index contributed by atoms with van der Waals surface area (Å²) in [5.41, 5.74) is 26.3. The molecule has 1 spiro atoms. The van der Waals surface area contributed by atoms with E-state index in [0.717, 1.165) is 18.4 Å². The molecule has 0 N–H and O–H groups in total. The third-order valence-electron chi connectivity index (χ3n) is 14.1. The molecule has 0 heterocycles. The fraction of sp³-hybridized carbons (Fsp3) is 0.217. The monoisotopic (exact) mass is 899 g/mol. The predicted molar refractivity (Wildman–Crippen MR) is 304 cm³/mol. The van der Waals surface area contributed by atoms with Crippen LogP contribution in [0, 0.1) is 13.8 Å². The lowest BCUT2D eigenvalue weighted by molar-refractivity contribution is 0.793. The first-order chi connectivity index (χ1) is 33.8. The maximum absolute atomic E-state index is 3.84. The Balaban J connectivity index is 0.000000136. The lowest BCUT2D eigenvalue weighted by atomic mass is 9.70. The zero-order valence-corrected chi connectivity index (χ0v) is 42.3. The Kier molecular flexibility index (Phi) is 15.4. The van der Waals surface area contributed by atoms with Gasteiger partial charge in [0.25, 0.3) is 0 Å². The molecule has 0 aliphatic heterocycles. The van der Waals surface area contributed by atoms with Crippen LogP contribution in [-0.4, -0.2) is 0 Å². The van der Waals surface area contributed by atoms with E-state index in [1.165, 1.54) is 132 Å². The van der Waals surface area contributed by atoms with Crippen LogP contribution in [0.15, 0.2) is 195 Å². The van der Waals surface area contributed by atoms with Gasteiger partial charge in [-0.3, -0.25) is 0 Å². The van der Waals surface area contributed by atoms with Gasteiger partial charge in [-0.2, -0.15) is 0 Å². The van der Waals surface area contributed by atoms with Gasteiger partial charge in [0.05, 0.1) is 5.41 Å². The predicted octanol–water partition coefficient (Wildman–Crippen LogP) is 19.4. The second-order valence-electron chi connectivity index (χ2n) is 18.6. The molecule has 0 saturated heterocycles. The zero-order chi connectivity index (χ0) is 48.5. The fourth-order valence-electron chi connectivity index (χ4n) is 11.3. The highest BCUT2D eigenvalue weighted by Gasteiger charge is 2.51. The molecule has 0 aromatic heterocycles. The first-order valence-electron chi connectivity index (χ1n) is 25.6. The Hall–Kier alpha value is -7.02. The van der Waals surface area contributed by atoms with Gasteiger partial charge >= 0.3 is 0 Å². The average Bonchev–Trinajstić information content (AvgIpc) is 3.87. The molecule has 0 amide bonds. The van der Waals surface area contributed by atoms with Gasteiger partial charge in [-0.05, 0) is 165 Å². The largest absolute Gasteiger partial charge is 0.0990 e. The van der Waals surface area contributed by atoms with Gasteiger partial charge in [-0.25, -0.2) is 0 Å². The highest BCUT2D eigenvalue weighted by atomic mass is 14.5. The molecule has 7 aromatic rings. The van der Waals surface area contributed by atoms with Crippen LogP contribution in [0.5, 0.6) is 0 Å². The van der Waals surface area contributed by atoms with Crippen molar-refractivity contribution in [1.29, 1.82) is 0 Å². The topological polar surface area (TPSA) is 0 Å².